The summed E-state index contributed by atoms with van der Waals surface area (Å²) in [6.45, 7) is 0. The molecule has 292 valence electrons. The highest BCUT2D eigenvalue weighted by Crippen LogP contribution is 2.46. The topological polar surface area (TPSA) is 43.9 Å². The molecule has 0 aliphatic rings. The minimum atomic E-state index is 0.682. The summed E-state index contributed by atoms with van der Waals surface area (Å²) in [5.74, 6) is 0.682. The molecule has 4 nitrogen and oxygen atoms in total. The molecule has 0 aliphatic heterocycles. The molecule has 0 atom stereocenters. The zero-order valence-electron chi connectivity index (χ0n) is 33.7. The van der Waals surface area contributed by atoms with E-state index in [4.69, 9.17) is 14.4 Å². The van der Waals surface area contributed by atoms with Gasteiger partial charge in [-0.1, -0.05) is 152 Å². The highest BCUT2D eigenvalue weighted by atomic mass is 32.1. The van der Waals surface area contributed by atoms with Crippen molar-refractivity contribution in [3.8, 4) is 39.5 Å². The van der Waals surface area contributed by atoms with E-state index in [0.717, 1.165) is 71.1 Å². The van der Waals surface area contributed by atoms with Gasteiger partial charge in [0.1, 0.15) is 11.2 Å². The van der Waals surface area contributed by atoms with E-state index in [0.29, 0.717) is 5.82 Å². The van der Waals surface area contributed by atoms with Crippen molar-refractivity contribution in [1.29, 1.82) is 0 Å². The van der Waals surface area contributed by atoms with Gasteiger partial charge in [0, 0.05) is 54.5 Å². The third-order valence-corrected chi connectivity index (χ3v) is 14.1. The van der Waals surface area contributed by atoms with Gasteiger partial charge in [-0.05, 0) is 85.9 Å². The fourth-order valence-corrected chi connectivity index (χ4v) is 11.3. The number of nitrogens with zero attached hydrogens (tertiary/aromatic N) is 3. The van der Waals surface area contributed by atoms with Crippen molar-refractivity contribution in [3.63, 3.8) is 0 Å². The summed E-state index contributed by atoms with van der Waals surface area (Å²) in [6.07, 6.45) is 0. The third kappa shape index (κ3) is 5.08. The van der Waals surface area contributed by atoms with Crippen LogP contribution in [0.3, 0.4) is 0 Å². The van der Waals surface area contributed by atoms with Crippen LogP contribution in [0.5, 0.6) is 0 Å². The normalized spacial score (nSPS) is 12.1. The van der Waals surface area contributed by atoms with Crippen molar-refractivity contribution in [1.82, 2.24) is 14.5 Å². The maximum Gasteiger partial charge on any atom is 0.161 e. The largest absolute Gasteiger partial charge is 0.456 e. The first-order chi connectivity index (χ1) is 31.2. The minimum Gasteiger partial charge on any atom is -0.456 e. The van der Waals surface area contributed by atoms with E-state index in [1.165, 1.54) is 58.9 Å². The molecule has 5 heteroatoms. The lowest BCUT2D eigenvalue weighted by Gasteiger charge is -2.12. The molecule has 10 aromatic carbocycles. The summed E-state index contributed by atoms with van der Waals surface area (Å²) in [7, 11) is 0. The molecule has 0 spiro atoms. The fraction of sp³-hybridized carbons (Fsp3) is 0. The van der Waals surface area contributed by atoms with Crippen LogP contribution in [0, 0.1) is 0 Å². The van der Waals surface area contributed by atoms with Gasteiger partial charge < -0.3 is 8.98 Å². The van der Waals surface area contributed by atoms with E-state index >= 15 is 0 Å². The SMILES string of the molecule is c1ccc(-c2cc3c(c4ccccc24)c2c4ccccc4ccc2n3-c2ccc3c(c2)oc2cccc(-c4nc(-c5ccc6ccccc6c5)c5sc6ccccc6c5n4)c23)cc1. The Balaban J connectivity index is 1.02. The third-order valence-electron chi connectivity index (χ3n) is 13.0. The van der Waals surface area contributed by atoms with E-state index in [1.54, 1.807) is 11.3 Å². The van der Waals surface area contributed by atoms with E-state index in [1.807, 2.05) is 0 Å². The van der Waals surface area contributed by atoms with Gasteiger partial charge in [0.25, 0.3) is 0 Å². The number of fused-ring (bicyclic) bond motifs is 14. The first kappa shape index (κ1) is 34.6. The average Bonchev–Trinajstić information content (AvgIpc) is 4.03. The van der Waals surface area contributed by atoms with Gasteiger partial charge in [0.2, 0.25) is 0 Å². The molecule has 0 fully saturated rings. The lowest BCUT2D eigenvalue weighted by atomic mass is 9.94. The maximum atomic E-state index is 6.85. The van der Waals surface area contributed by atoms with E-state index in [2.05, 4.69) is 205 Å². The lowest BCUT2D eigenvalue weighted by molar-refractivity contribution is 0.668. The van der Waals surface area contributed by atoms with E-state index in [-0.39, 0.29) is 0 Å². The predicted molar refractivity (Wildman–Crippen MR) is 265 cm³/mol. The first-order valence-corrected chi connectivity index (χ1v) is 22.1. The van der Waals surface area contributed by atoms with Crippen LogP contribution in [0.4, 0.5) is 0 Å². The molecular formula is C58H33N3OS. The second kappa shape index (κ2) is 13.2. The number of furan rings is 1. The molecule has 0 unspecified atom stereocenters. The number of hydrogen-bond donors (Lipinski definition) is 0. The number of benzene rings is 10. The summed E-state index contributed by atoms with van der Waals surface area (Å²) in [6, 6.07) is 71.9. The van der Waals surface area contributed by atoms with Crippen LogP contribution in [0.25, 0.3) is 136 Å². The van der Waals surface area contributed by atoms with Crippen molar-refractivity contribution in [2.75, 3.05) is 0 Å². The second-order valence-corrected chi connectivity index (χ2v) is 17.5. The number of rotatable bonds is 4. The molecule has 14 aromatic rings. The van der Waals surface area contributed by atoms with Crippen molar-refractivity contribution in [2.24, 2.45) is 0 Å². The molecule has 63 heavy (non-hydrogen) atoms. The van der Waals surface area contributed by atoms with Gasteiger partial charge in [-0.3, -0.25) is 0 Å². The number of hydrogen-bond acceptors (Lipinski definition) is 4. The standard InChI is InChI=1S/C58H33N3OS/c1-2-14-35(15-3-1)46-33-48-54(42-20-9-8-19-41(42)46)53-40-18-7-6-16-36(40)27-30-47(53)61(48)39-28-29-43-50(32-39)62-49-23-12-22-45(52(43)49)58-59-55(38-26-25-34-13-4-5-17-37(34)31-38)57-56(60-58)44-21-10-11-24-51(44)63-57/h1-33H. The molecule has 0 saturated heterocycles. The number of aromatic nitrogens is 3. The molecule has 0 saturated carbocycles. The monoisotopic (exact) mass is 819 g/mol. The smallest absolute Gasteiger partial charge is 0.161 e. The molecule has 0 radical (unpaired) electrons. The van der Waals surface area contributed by atoms with Gasteiger partial charge in [0.15, 0.2) is 5.82 Å². The Kier molecular flexibility index (Phi) is 7.24. The van der Waals surface area contributed by atoms with Crippen molar-refractivity contribution in [2.45, 2.75) is 0 Å². The van der Waals surface area contributed by atoms with E-state index < -0.39 is 0 Å². The van der Waals surface area contributed by atoms with Crippen LogP contribution < -0.4 is 0 Å². The van der Waals surface area contributed by atoms with Gasteiger partial charge in [-0.25, -0.2) is 9.97 Å². The second-order valence-electron chi connectivity index (χ2n) is 16.4. The van der Waals surface area contributed by atoms with Gasteiger partial charge in [-0.15, -0.1) is 11.3 Å². The lowest BCUT2D eigenvalue weighted by Crippen LogP contribution is -1.95. The van der Waals surface area contributed by atoms with Crippen LogP contribution in [-0.4, -0.2) is 14.5 Å². The fourth-order valence-electron chi connectivity index (χ4n) is 10.2. The molecule has 0 aliphatic carbocycles. The minimum absolute atomic E-state index is 0.682. The Morgan fingerprint density at radius 2 is 1.14 bits per heavy atom. The van der Waals surface area contributed by atoms with Crippen molar-refractivity contribution < 1.29 is 4.42 Å². The maximum absolute atomic E-state index is 6.85. The van der Waals surface area contributed by atoms with Crippen LogP contribution in [0.1, 0.15) is 0 Å². The Bertz CT molecular complexity index is 4210. The highest BCUT2D eigenvalue weighted by molar-refractivity contribution is 7.26. The quantitative estimate of drug-likeness (QED) is 0.178. The first-order valence-electron chi connectivity index (χ1n) is 21.3. The van der Waals surface area contributed by atoms with Gasteiger partial charge >= 0.3 is 0 Å². The van der Waals surface area contributed by atoms with Crippen molar-refractivity contribution in [3.05, 3.63) is 200 Å². The van der Waals surface area contributed by atoms with E-state index in [9.17, 15) is 0 Å². The molecule has 0 N–H and O–H groups in total. The summed E-state index contributed by atoms with van der Waals surface area (Å²) >= 11 is 1.76. The summed E-state index contributed by atoms with van der Waals surface area (Å²) in [4.78, 5) is 10.8. The summed E-state index contributed by atoms with van der Waals surface area (Å²) < 4.78 is 11.6. The Morgan fingerprint density at radius 3 is 2.03 bits per heavy atom. The Labute approximate surface area is 364 Å². The molecular weight excluding hydrogens is 787 g/mol. The average molecular weight is 820 g/mol. The van der Waals surface area contributed by atoms with Crippen LogP contribution in [0.15, 0.2) is 205 Å². The Hall–Kier alpha value is -8.12. The van der Waals surface area contributed by atoms with Crippen molar-refractivity contribution >= 4 is 108 Å². The molecule has 4 heterocycles. The zero-order chi connectivity index (χ0) is 41.2. The highest BCUT2D eigenvalue weighted by Gasteiger charge is 2.23. The van der Waals surface area contributed by atoms with Crippen LogP contribution in [-0.2, 0) is 0 Å². The molecule has 14 rings (SSSR count). The molecule has 0 bridgehead atoms. The van der Waals surface area contributed by atoms with Crippen LogP contribution >= 0.6 is 11.3 Å². The zero-order valence-corrected chi connectivity index (χ0v) is 34.5. The summed E-state index contributed by atoms with van der Waals surface area (Å²) in [5, 5.41) is 13.0. The summed E-state index contributed by atoms with van der Waals surface area (Å²) in [5.41, 5.74) is 11.3. The molecule has 0 amide bonds. The van der Waals surface area contributed by atoms with Gasteiger partial charge in [-0.2, -0.15) is 0 Å². The Morgan fingerprint density at radius 1 is 0.413 bits per heavy atom. The number of thiophene rings is 1. The van der Waals surface area contributed by atoms with Crippen LogP contribution in [0.2, 0.25) is 0 Å². The van der Waals surface area contributed by atoms with Gasteiger partial charge in [0.05, 0.1) is 26.9 Å². The predicted octanol–water partition coefficient (Wildman–Crippen LogP) is 16.3. The molecule has 4 aromatic heterocycles.